The summed E-state index contributed by atoms with van der Waals surface area (Å²) < 4.78 is 37.6. The van der Waals surface area contributed by atoms with E-state index in [1.807, 2.05) is 24.3 Å². The zero-order chi connectivity index (χ0) is 29.6. The number of carbonyl (C=O) groups excluding carboxylic acids is 3. The van der Waals surface area contributed by atoms with E-state index in [4.69, 9.17) is 9.15 Å². The van der Waals surface area contributed by atoms with Crippen molar-refractivity contribution < 1.29 is 32.0 Å². The third kappa shape index (κ3) is 5.37. The van der Waals surface area contributed by atoms with Crippen LogP contribution in [0.15, 0.2) is 46.9 Å². The molecule has 13 nitrogen and oxygen atoms in total. The van der Waals surface area contributed by atoms with Gasteiger partial charge in [0.15, 0.2) is 15.1 Å². The first-order chi connectivity index (χ1) is 20.0. The summed E-state index contributed by atoms with van der Waals surface area (Å²) in [6.07, 6.45) is 0.943. The molecular weight excluding hydrogens is 584 g/mol. The molecule has 2 saturated heterocycles. The van der Waals surface area contributed by atoms with Gasteiger partial charge in [0.1, 0.15) is 10.5 Å². The molecule has 6 rings (SSSR count). The Morgan fingerprint density at radius 1 is 1.10 bits per heavy atom. The van der Waals surface area contributed by atoms with Crippen molar-refractivity contribution in [2.75, 3.05) is 32.6 Å². The lowest BCUT2D eigenvalue weighted by Gasteiger charge is -2.26. The molecule has 4 aromatic rings. The molecule has 15 heteroatoms. The van der Waals surface area contributed by atoms with Crippen LogP contribution in [-0.4, -0.2) is 84.4 Å². The molecule has 42 heavy (non-hydrogen) atoms. The third-order valence-electron chi connectivity index (χ3n) is 7.15. The highest BCUT2D eigenvalue weighted by Gasteiger charge is 2.44. The number of hydrogen-bond acceptors (Lipinski definition) is 11. The van der Waals surface area contributed by atoms with Crippen LogP contribution in [0.5, 0.6) is 0 Å². The van der Waals surface area contributed by atoms with E-state index < -0.39 is 32.6 Å². The van der Waals surface area contributed by atoms with Crippen molar-refractivity contribution >= 4 is 49.2 Å². The predicted octanol–water partition coefficient (Wildman–Crippen LogP) is 2.09. The van der Waals surface area contributed by atoms with E-state index in [2.05, 4.69) is 25.8 Å². The first-order valence-electron chi connectivity index (χ1n) is 13.0. The summed E-state index contributed by atoms with van der Waals surface area (Å²) in [5.41, 5.74) is 1.67. The van der Waals surface area contributed by atoms with Crippen LogP contribution in [0.4, 0.5) is 4.79 Å². The number of hydrogen-bond donors (Lipinski definition) is 2. The highest BCUT2D eigenvalue weighted by molar-refractivity contribution is 7.91. The normalized spacial score (nSPS) is 20.0. The Kier molecular flexibility index (Phi) is 7.03. The van der Waals surface area contributed by atoms with Gasteiger partial charge in [0.05, 0.1) is 29.9 Å². The molecule has 2 aromatic carbocycles. The zero-order valence-electron chi connectivity index (χ0n) is 22.6. The highest BCUT2D eigenvalue weighted by atomic mass is 32.2. The number of amides is 4. The van der Waals surface area contributed by atoms with E-state index in [9.17, 15) is 22.8 Å². The van der Waals surface area contributed by atoms with Gasteiger partial charge < -0.3 is 19.4 Å². The molecule has 4 amide bonds. The monoisotopic (exact) mass is 610 g/mol. The first-order valence-corrected chi connectivity index (χ1v) is 15.8. The van der Waals surface area contributed by atoms with Crippen molar-refractivity contribution in [2.45, 2.75) is 24.1 Å². The molecule has 0 saturated carbocycles. The van der Waals surface area contributed by atoms with Crippen molar-refractivity contribution in [1.29, 1.82) is 0 Å². The third-order valence-corrected chi connectivity index (χ3v) is 9.66. The number of aromatic nitrogens is 3. The SMILES string of the molecule is CC1(Cc2nnc(C(c3nc4ccc(-c5ccc(C(=O)N6CCOCC6)cc5)cc4s3)S(C)(=O)=O)o2)NC(=O)NC1=O. The number of nitrogens with zero attached hydrogens (tertiary/aromatic N) is 4. The smallest absolute Gasteiger partial charge is 0.322 e. The number of benzene rings is 2. The maximum atomic E-state index is 12.9. The van der Waals surface area contributed by atoms with Gasteiger partial charge >= 0.3 is 6.03 Å². The molecule has 2 fully saturated rings. The van der Waals surface area contributed by atoms with Crippen LogP contribution in [0.3, 0.4) is 0 Å². The van der Waals surface area contributed by atoms with Crippen molar-refractivity contribution in [1.82, 2.24) is 30.7 Å². The Bertz CT molecular complexity index is 1810. The van der Waals surface area contributed by atoms with Crippen LogP contribution in [-0.2, 0) is 25.8 Å². The number of ether oxygens (including phenoxy) is 1. The first kappa shape index (κ1) is 27.9. The lowest BCUT2D eigenvalue weighted by Crippen LogP contribution is -2.45. The molecule has 2 aromatic heterocycles. The van der Waals surface area contributed by atoms with E-state index in [0.29, 0.717) is 37.4 Å². The maximum absolute atomic E-state index is 12.9. The fourth-order valence-electron chi connectivity index (χ4n) is 4.91. The number of sulfone groups is 1. The van der Waals surface area contributed by atoms with Gasteiger partial charge in [0.25, 0.3) is 11.8 Å². The molecule has 0 radical (unpaired) electrons. The number of nitrogens with one attached hydrogen (secondary N) is 2. The second-order valence-electron chi connectivity index (χ2n) is 10.4. The fraction of sp³-hybridized carbons (Fsp3) is 0.333. The zero-order valence-corrected chi connectivity index (χ0v) is 24.3. The number of imide groups is 1. The van der Waals surface area contributed by atoms with Crippen LogP contribution < -0.4 is 10.6 Å². The Morgan fingerprint density at radius 3 is 2.48 bits per heavy atom. The van der Waals surface area contributed by atoms with Crippen molar-refractivity contribution in [2.24, 2.45) is 0 Å². The quantitative estimate of drug-likeness (QED) is 0.295. The lowest BCUT2D eigenvalue weighted by atomic mass is 9.98. The van der Waals surface area contributed by atoms with Crippen LogP contribution in [0.2, 0.25) is 0 Å². The van der Waals surface area contributed by atoms with Gasteiger partial charge in [-0.15, -0.1) is 21.5 Å². The number of thiazole rings is 1. The predicted molar refractivity (Wildman–Crippen MR) is 152 cm³/mol. The summed E-state index contributed by atoms with van der Waals surface area (Å²) in [6, 6.07) is 12.3. The Balaban J connectivity index is 1.25. The second-order valence-corrected chi connectivity index (χ2v) is 13.6. The number of morpholine rings is 1. The summed E-state index contributed by atoms with van der Waals surface area (Å²) in [7, 11) is -3.79. The molecule has 2 N–H and O–H groups in total. The molecule has 2 atom stereocenters. The van der Waals surface area contributed by atoms with E-state index in [-0.39, 0.29) is 29.1 Å². The van der Waals surface area contributed by atoms with Gasteiger partial charge in [-0.2, -0.15) is 0 Å². The van der Waals surface area contributed by atoms with Gasteiger partial charge in [-0.05, 0) is 42.3 Å². The lowest BCUT2D eigenvalue weighted by molar-refractivity contribution is -0.123. The van der Waals surface area contributed by atoms with E-state index >= 15 is 0 Å². The number of fused-ring (bicyclic) bond motifs is 1. The molecule has 2 aliphatic rings. The molecular formula is C27H26N6O7S2. The van der Waals surface area contributed by atoms with Crippen LogP contribution in [0, 0.1) is 0 Å². The van der Waals surface area contributed by atoms with Gasteiger partial charge in [0, 0.05) is 24.9 Å². The summed E-state index contributed by atoms with van der Waals surface area (Å²) >= 11 is 1.19. The summed E-state index contributed by atoms with van der Waals surface area (Å²) in [5.74, 6) is -0.765. The Morgan fingerprint density at radius 2 is 1.81 bits per heavy atom. The van der Waals surface area contributed by atoms with Gasteiger partial charge in [-0.3, -0.25) is 14.9 Å². The van der Waals surface area contributed by atoms with Crippen molar-refractivity contribution in [3.05, 3.63) is 64.8 Å². The fourth-order valence-corrected chi connectivity index (χ4v) is 7.44. The average Bonchev–Trinajstić information content (AvgIpc) is 3.64. The van der Waals surface area contributed by atoms with E-state index in [1.54, 1.807) is 23.1 Å². The molecule has 218 valence electrons. The standard InChI is InChI=1S/C27H26N6O7S2/c1-27(25(35)29-26(36)30-27)14-20-31-32-22(40-20)21(42(2,37)38)23-28-18-8-7-17(13-19(18)41-23)15-3-5-16(6-4-15)24(34)33-9-11-39-12-10-33/h3-8,13,21H,9-12,14H2,1-2H3,(H2,29,30,35,36). The van der Waals surface area contributed by atoms with Crippen LogP contribution in [0.25, 0.3) is 21.3 Å². The number of urea groups is 1. The molecule has 0 spiro atoms. The second kappa shape index (κ2) is 10.6. The number of rotatable bonds is 7. The van der Waals surface area contributed by atoms with Gasteiger partial charge in [-0.1, -0.05) is 18.2 Å². The van der Waals surface area contributed by atoms with E-state index in [1.165, 1.54) is 18.3 Å². The van der Waals surface area contributed by atoms with Gasteiger partial charge in [-0.25, -0.2) is 18.2 Å². The summed E-state index contributed by atoms with van der Waals surface area (Å²) in [5, 5.41) is 11.5. The summed E-state index contributed by atoms with van der Waals surface area (Å²) in [4.78, 5) is 42.9. The Labute approximate surface area is 244 Å². The van der Waals surface area contributed by atoms with Crippen LogP contribution >= 0.6 is 11.3 Å². The molecule has 4 heterocycles. The minimum Gasteiger partial charge on any atom is -0.423 e. The molecule has 2 aliphatic heterocycles. The number of carbonyl (C=O) groups is 3. The minimum atomic E-state index is -3.79. The molecule has 0 aliphatic carbocycles. The maximum Gasteiger partial charge on any atom is 0.322 e. The largest absolute Gasteiger partial charge is 0.423 e. The van der Waals surface area contributed by atoms with Crippen molar-refractivity contribution in [3.63, 3.8) is 0 Å². The van der Waals surface area contributed by atoms with Crippen LogP contribution in [0.1, 0.15) is 39.3 Å². The van der Waals surface area contributed by atoms with Gasteiger partial charge in [0.2, 0.25) is 11.8 Å². The topological polar surface area (TPSA) is 174 Å². The highest BCUT2D eigenvalue weighted by Crippen LogP contribution is 2.36. The molecule has 0 bridgehead atoms. The van der Waals surface area contributed by atoms with Crippen molar-refractivity contribution in [3.8, 4) is 11.1 Å². The average molecular weight is 611 g/mol. The minimum absolute atomic E-state index is 0.00236. The molecule has 2 unspecified atom stereocenters. The Hall–Kier alpha value is -4.21. The van der Waals surface area contributed by atoms with E-state index in [0.717, 1.165) is 22.1 Å². The summed E-state index contributed by atoms with van der Waals surface area (Å²) in [6.45, 7) is 3.71.